The van der Waals surface area contributed by atoms with Gasteiger partial charge >= 0.3 is 0 Å². The molecule has 0 saturated heterocycles. The van der Waals surface area contributed by atoms with Gasteiger partial charge < -0.3 is 10.5 Å². The highest BCUT2D eigenvalue weighted by molar-refractivity contribution is 7.18. The number of nitrogens with zero attached hydrogens (tertiary/aromatic N) is 1. The van der Waals surface area contributed by atoms with Crippen LogP contribution in [0.25, 0.3) is 10.2 Å². The highest BCUT2D eigenvalue weighted by Gasteiger charge is 2.08. The number of ether oxygens (including phenoxy) is 1. The summed E-state index contributed by atoms with van der Waals surface area (Å²) in [6, 6.07) is 14.3. The molecule has 1 heterocycles. The van der Waals surface area contributed by atoms with Crippen molar-refractivity contribution < 1.29 is 4.74 Å². The van der Waals surface area contributed by atoms with E-state index in [2.05, 4.69) is 24.3 Å². The fraction of sp³-hybridized carbons (Fsp3) is 0.235. The summed E-state index contributed by atoms with van der Waals surface area (Å²) in [4.78, 5) is 4.71. The molecule has 21 heavy (non-hydrogen) atoms. The topological polar surface area (TPSA) is 48.1 Å². The molecule has 0 fully saturated rings. The van der Waals surface area contributed by atoms with Crippen LogP contribution in [0.1, 0.15) is 23.1 Å². The van der Waals surface area contributed by atoms with Crippen molar-refractivity contribution in [3.63, 3.8) is 0 Å². The highest BCUT2D eigenvalue weighted by Crippen LogP contribution is 2.28. The number of rotatable bonds is 5. The van der Waals surface area contributed by atoms with Crippen molar-refractivity contribution in [3.05, 3.63) is 58.6 Å². The maximum atomic E-state index is 5.80. The minimum atomic E-state index is 0.565. The van der Waals surface area contributed by atoms with E-state index in [1.165, 1.54) is 15.8 Å². The molecule has 0 unspecified atom stereocenters. The number of hydrogen-bond donors (Lipinski definition) is 1. The van der Waals surface area contributed by atoms with E-state index in [4.69, 9.17) is 15.5 Å². The van der Waals surface area contributed by atoms with Gasteiger partial charge in [-0.1, -0.05) is 24.3 Å². The summed E-state index contributed by atoms with van der Waals surface area (Å²) in [5, 5.41) is 1.11. The van der Waals surface area contributed by atoms with Crippen LogP contribution >= 0.6 is 11.3 Å². The van der Waals surface area contributed by atoms with Gasteiger partial charge in [0, 0.05) is 13.0 Å². The van der Waals surface area contributed by atoms with Gasteiger partial charge in [-0.2, -0.15) is 0 Å². The maximum absolute atomic E-state index is 5.80. The van der Waals surface area contributed by atoms with Gasteiger partial charge in [-0.05, 0) is 36.2 Å². The Morgan fingerprint density at radius 3 is 2.71 bits per heavy atom. The zero-order chi connectivity index (χ0) is 14.7. The van der Waals surface area contributed by atoms with Crippen LogP contribution in [0.15, 0.2) is 42.5 Å². The van der Waals surface area contributed by atoms with Crippen LogP contribution in [0.2, 0.25) is 0 Å². The summed E-state index contributed by atoms with van der Waals surface area (Å²) in [6.07, 6.45) is 0.830. The molecular formula is C17H18N2OS. The van der Waals surface area contributed by atoms with Gasteiger partial charge in [0.2, 0.25) is 0 Å². The normalized spacial score (nSPS) is 11.0. The van der Waals surface area contributed by atoms with Crippen molar-refractivity contribution in [2.45, 2.75) is 19.9 Å². The van der Waals surface area contributed by atoms with Crippen LogP contribution in [0.3, 0.4) is 0 Å². The second-order valence-electron chi connectivity index (χ2n) is 4.82. The molecule has 0 aliphatic rings. The molecule has 0 atom stereocenters. The molecular weight excluding hydrogens is 280 g/mol. The number of aromatic nitrogens is 1. The Kier molecular flexibility index (Phi) is 4.18. The van der Waals surface area contributed by atoms with Gasteiger partial charge in [0.25, 0.3) is 0 Å². The average molecular weight is 298 g/mol. The number of hydrogen-bond acceptors (Lipinski definition) is 4. The lowest BCUT2D eigenvalue weighted by molar-refractivity contribution is 0.341. The Hall–Kier alpha value is -1.91. The van der Waals surface area contributed by atoms with Crippen LogP contribution in [-0.4, -0.2) is 11.6 Å². The molecule has 3 rings (SSSR count). The smallest absolute Gasteiger partial charge is 0.120 e. The van der Waals surface area contributed by atoms with Crippen molar-refractivity contribution in [3.8, 4) is 5.75 Å². The number of fused-ring (bicyclic) bond motifs is 1. The van der Waals surface area contributed by atoms with E-state index in [9.17, 15) is 0 Å². The Balaban J connectivity index is 1.90. The van der Waals surface area contributed by atoms with Crippen LogP contribution in [0.5, 0.6) is 5.75 Å². The summed E-state index contributed by atoms with van der Waals surface area (Å²) in [6.45, 7) is 3.24. The molecule has 0 bridgehead atoms. The van der Waals surface area contributed by atoms with Gasteiger partial charge in [0.1, 0.15) is 5.75 Å². The van der Waals surface area contributed by atoms with E-state index in [-0.39, 0.29) is 0 Å². The molecule has 1 aromatic heterocycles. The Labute approximate surface area is 128 Å². The third-order valence-electron chi connectivity index (χ3n) is 3.40. The van der Waals surface area contributed by atoms with Crippen LogP contribution in [0, 0.1) is 0 Å². The summed E-state index contributed by atoms with van der Waals surface area (Å²) < 4.78 is 6.71. The van der Waals surface area contributed by atoms with E-state index < -0.39 is 0 Å². The molecule has 3 nitrogen and oxygen atoms in total. The van der Waals surface area contributed by atoms with Crippen molar-refractivity contribution in [2.75, 3.05) is 6.61 Å². The lowest BCUT2D eigenvalue weighted by Gasteiger charge is -2.04. The molecule has 0 radical (unpaired) electrons. The first kappa shape index (κ1) is 14.0. The van der Waals surface area contributed by atoms with E-state index in [1.807, 2.05) is 25.1 Å². The van der Waals surface area contributed by atoms with Crippen LogP contribution in [0.4, 0.5) is 0 Å². The largest absolute Gasteiger partial charge is 0.494 e. The van der Waals surface area contributed by atoms with E-state index >= 15 is 0 Å². The fourth-order valence-electron chi connectivity index (χ4n) is 2.38. The first-order chi connectivity index (χ1) is 10.3. The van der Waals surface area contributed by atoms with Crippen molar-refractivity contribution in [2.24, 2.45) is 5.73 Å². The Morgan fingerprint density at radius 1 is 1.14 bits per heavy atom. The SMILES string of the molecule is CCOc1ccc2nc(Cc3ccccc3CN)sc2c1. The number of benzene rings is 2. The Morgan fingerprint density at radius 2 is 1.95 bits per heavy atom. The summed E-state index contributed by atoms with van der Waals surface area (Å²) >= 11 is 1.72. The van der Waals surface area contributed by atoms with Gasteiger partial charge in [-0.25, -0.2) is 4.98 Å². The van der Waals surface area contributed by atoms with E-state index in [1.54, 1.807) is 11.3 Å². The lowest BCUT2D eigenvalue weighted by atomic mass is 10.1. The highest BCUT2D eigenvalue weighted by atomic mass is 32.1. The number of thiazole rings is 1. The number of nitrogens with two attached hydrogens (primary N) is 1. The van der Waals surface area contributed by atoms with E-state index in [0.717, 1.165) is 22.7 Å². The summed E-state index contributed by atoms with van der Waals surface area (Å²) in [7, 11) is 0. The van der Waals surface area contributed by atoms with E-state index in [0.29, 0.717) is 13.2 Å². The molecule has 3 aromatic rings. The minimum absolute atomic E-state index is 0.565. The summed E-state index contributed by atoms with van der Waals surface area (Å²) in [5.74, 6) is 0.905. The van der Waals surface area contributed by atoms with Crippen molar-refractivity contribution in [1.29, 1.82) is 0 Å². The second-order valence-corrected chi connectivity index (χ2v) is 5.93. The molecule has 0 spiro atoms. The zero-order valence-corrected chi connectivity index (χ0v) is 12.8. The summed E-state index contributed by atoms with van der Waals surface area (Å²) in [5.41, 5.74) is 9.27. The molecule has 0 aliphatic carbocycles. The average Bonchev–Trinajstić information content (AvgIpc) is 2.89. The lowest BCUT2D eigenvalue weighted by Crippen LogP contribution is -2.01. The first-order valence-electron chi connectivity index (χ1n) is 7.09. The third-order valence-corrected chi connectivity index (χ3v) is 4.41. The molecule has 2 aromatic carbocycles. The zero-order valence-electron chi connectivity index (χ0n) is 12.0. The minimum Gasteiger partial charge on any atom is -0.494 e. The molecule has 0 saturated carbocycles. The van der Waals surface area contributed by atoms with Gasteiger partial charge in [-0.15, -0.1) is 11.3 Å². The fourth-order valence-corrected chi connectivity index (χ4v) is 3.40. The molecule has 4 heteroatoms. The standard InChI is InChI=1S/C17H18N2OS/c1-2-20-14-7-8-15-16(10-14)21-17(19-15)9-12-5-3-4-6-13(12)11-18/h3-8,10H,2,9,11,18H2,1H3. The quantitative estimate of drug-likeness (QED) is 0.780. The van der Waals surface area contributed by atoms with Crippen LogP contribution in [-0.2, 0) is 13.0 Å². The predicted molar refractivity (Wildman–Crippen MR) is 87.9 cm³/mol. The molecule has 0 aliphatic heterocycles. The molecule has 0 amide bonds. The van der Waals surface area contributed by atoms with Gasteiger partial charge in [0.15, 0.2) is 0 Å². The first-order valence-corrected chi connectivity index (χ1v) is 7.91. The van der Waals surface area contributed by atoms with Crippen LogP contribution < -0.4 is 10.5 Å². The monoisotopic (exact) mass is 298 g/mol. The predicted octanol–water partition coefficient (Wildman–Crippen LogP) is 3.74. The third kappa shape index (κ3) is 3.06. The maximum Gasteiger partial charge on any atom is 0.120 e. The van der Waals surface area contributed by atoms with Gasteiger partial charge in [-0.3, -0.25) is 0 Å². The Bertz CT molecular complexity index is 751. The van der Waals surface area contributed by atoms with Crippen molar-refractivity contribution in [1.82, 2.24) is 4.98 Å². The van der Waals surface area contributed by atoms with Crippen molar-refractivity contribution >= 4 is 21.6 Å². The second kappa shape index (κ2) is 6.24. The molecule has 108 valence electrons. The van der Waals surface area contributed by atoms with Gasteiger partial charge in [0.05, 0.1) is 21.8 Å². The molecule has 2 N–H and O–H groups in total.